The summed E-state index contributed by atoms with van der Waals surface area (Å²) in [6, 6.07) is 26.5. The van der Waals surface area contributed by atoms with Gasteiger partial charge in [-0.2, -0.15) is 0 Å². The fourth-order valence-electron chi connectivity index (χ4n) is 3.61. The van der Waals surface area contributed by atoms with Gasteiger partial charge in [-0.05, 0) is 41.7 Å². The molecule has 0 radical (unpaired) electrons. The molecule has 0 bridgehead atoms. The standard InChI is InChI=1S/C24H26/c1-17-14-15-18(2)24(16-17)20(4)23-13-9-8-12-22(23)19(3)21-10-6-5-7-11-21/h5-16,19-20H,1-4H3. The molecule has 3 rings (SSSR count). The molecule has 24 heavy (non-hydrogen) atoms. The van der Waals surface area contributed by atoms with E-state index in [0.717, 1.165) is 0 Å². The Morgan fingerprint density at radius 2 is 1.17 bits per heavy atom. The third-order valence-corrected chi connectivity index (χ3v) is 5.13. The number of aryl methyl sites for hydroxylation is 2. The highest BCUT2D eigenvalue weighted by Crippen LogP contribution is 2.35. The summed E-state index contributed by atoms with van der Waals surface area (Å²) in [6.45, 7) is 9.03. The number of hydrogen-bond acceptors (Lipinski definition) is 0. The van der Waals surface area contributed by atoms with Crippen molar-refractivity contribution in [2.75, 3.05) is 0 Å². The largest absolute Gasteiger partial charge is 0.0622 e. The second kappa shape index (κ2) is 7.05. The fraction of sp³-hybridized carbons (Fsp3) is 0.250. The molecular weight excluding hydrogens is 288 g/mol. The van der Waals surface area contributed by atoms with Crippen molar-refractivity contribution >= 4 is 0 Å². The molecule has 2 atom stereocenters. The van der Waals surface area contributed by atoms with Crippen LogP contribution in [0.5, 0.6) is 0 Å². The Labute approximate surface area is 146 Å². The first-order valence-corrected chi connectivity index (χ1v) is 8.79. The predicted octanol–water partition coefficient (Wildman–Crippen LogP) is 6.61. The van der Waals surface area contributed by atoms with Crippen LogP contribution in [0.1, 0.15) is 59.1 Å². The maximum Gasteiger partial charge on any atom is 0.00666 e. The Balaban J connectivity index is 2.05. The molecule has 0 saturated carbocycles. The fourth-order valence-corrected chi connectivity index (χ4v) is 3.61. The van der Waals surface area contributed by atoms with Gasteiger partial charge in [-0.15, -0.1) is 0 Å². The zero-order valence-electron chi connectivity index (χ0n) is 15.1. The van der Waals surface area contributed by atoms with E-state index in [0.29, 0.717) is 11.8 Å². The van der Waals surface area contributed by atoms with Gasteiger partial charge in [0.2, 0.25) is 0 Å². The van der Waals surface area contributed by atoms with E-state index in [1.165, 1.54) is 33.4 Å². The van der Waals surface area contributed by atoms with E-state index in [4.69, 9.17) is 0 Å². The minimum atomic E-state index is 0.396. The lowest BCUT2D eigenvalue weighted by Crippen LogP contribution is -2.06. The highest BCUT2D eigenvalue weighted by Gasteiger charge is 2.18. The maximum atomic E-state index is 2.34. The van der Waals surface area contributed by atoms with Crippen LogP contribution in [0.3, 0.4) is 0 Å². The molecule has 0 saturated heterocycles. The van der Waals surface area contributed by atoms with Gasteiger partial charge in [0.05, 0.1) is 0 Å². The van der Waals surface area contributed by atoms with Gasteiger partial charge in [-0.25, -0.2) is 0 Å². The molecule has 0 heterocycles. The molecule has 0 fully saturated rings. The average Bonchev–Trinajstić information content (AvgIpc) is 2.63. The SMILES string of the molecule is Cc1ccc(C)c(C(C)c2ccccc2C(C)c2ccccc2)c1. The van der Waals surface area contributed by atoms with E-state index < -0.39 is 0 Å². The van der Waals surface area contributed by atoms with E-state index in [-0.39, 0.29) is 0 Å². The third kappa shape index (κ3) is 3.28. The van der Waals surface area contributed by atoms with Crippen molar-refractivity contribution in [3.05, 3.63) is 106 Å². The van der Waals surface area contributed by atoms with Crippen LogP contribution in [-0.4, -0.2) is 0 Å². The first kappa shape index (κ1) is 16.5. The molecule has 122 valence electrons. The second-order valence-corrected chi connectivity index (χ2v) is 6.84. The lowest BCUT2D eigenvalue weighted by Gasteiger charge is -2.23. The normalized spacial score (nSPS) is 13.5. The third-order valence-electron chi connectivity index (χ3n) is 5.13. The quantitative estimate of drug-likeness (QED) is 0.508. The highest BCUT2D eigenvalue weighted by molar-refractivity contribution is 5.45. The van der Waals surface area contributed by atoms with Gasteiger partial charge < -0.3 is 0 Å². The number of benzene rings is 3. The van der Waals surface area contributed by atoms with Crippen LogP contribution >= 0.6 is 0 Å². The van der Waals surface area contributed by atoms with E-state index in [2.05, 4.69) is 100 Å². The first-order chi connectivity index (χ1) is 11.6. The van der Waals surface area contributed by atoms with Crippen molar-refractivity contribution in [1.29, 1.82) is 0 Å². The monoisotopic (exact) mass is 314 g/mol. The topological polar surface area (TPSA) is 0 Å². The minimum absolute atomic E-state index is 0.396. The van der Waals surface area contributed by atoms with Crippen molar-refractivity contribution in [2.45, 2.75) is 39.5 Å². The van der Waals surface area contributed by atoms with Crippen LogP contribution in [0, 0.1) is 13.8 Å². The van der Waals surface area contributed by atoms with Crippen LogP contribution in [0.4, 0.5) is 0 Å². The zero-order valence-corrected chi connectivity index (χ0v) is 15.1. The van der Waals surface area contributed by atoms with E-state index >= 15 is 0 Å². The molecule has 0 amide bonds. The van der Waals surface area contributed by atoms with Gasteiger partial charge in [0.25, 0.3) is 0 Å². The van der Waals surface area contributed by atoms with Crippen LogP contribution < -0.4 is 0 Å². The van der Waals surface area contributed by atoms with Crippen molar-refractivity contribution in [2.24, 2.45) is 0 Å². The average molecular weight is 314 g/mol. The van der Waals surface area contributed by atoms with Gasteiger partial charge in [-0.3, -0.25) is 0 Å². The van der Waals surface area contributed by atoms with Crippen molar-refractivity contribution in [1.82, 2.24) is 0 Å². The molecular formula is C24H26. The number of rotatable bonds is 4. The summed E-state index contributed by atoms with van der Waals surface area (Å²) < 4.78 is 0. The van der Waals surface area contributed by atoms with Crippen LogP contribution in [0.25, 0.3) is 0 Å². The van der Waals surface area contributed by atoms with Crippen molar-refractivity contribution in [3.63, 3.8) is 0 Å². The molecule has 0 aromatic heterocycles. The summed E-state index contributed by atoms with van der Waals surface area (Å²) >= 11 is 0. The van der Waals surface area contributed by atoms with Gasteiger partial charge in [0.1, 0.15) is 0 Å². The Bertz CT molecular complexity index is 814. The second-order valence-electron chi connectivity index (χ2n) is 6.84. The number of hydrogen-bond donors (Lipinski definition) is 0. The van der Waals surface area contributed by atoms with E-state index in [9.17, 15) is 0 Å². The summed E-state index contributed by atoms with van der Waals surface area (Å²) in [4.78, 5) is 0. The first-order valence-electron chi connectivity index (χ1n) is 8.79. The Morgan fingerprint density at radius 1 is 0.583 bits per heavy atom. The van der Waals surface area contributed by atoms with Gasteiger partial charge >= 0.3 is 0 Å². The van der Waals surface area contributed by atoms with Crippen molar-refractivity contribution in [3.8, 4) is 0 Å². The summed E-state index contributed by atoms with van der Waals surface area (Å²) in [7, 11) is 0. The lowest BCUT2D eigenvalue weighted by atomic mass is 9.81. The maximum absolute atomic E-state index is 2.34. The Morgan fingerprint density at radius 3 is 1.83 bits per heavy atom. The zero-order chi connectivity index (χ0) is 17.1. The minimum Gasteiger partial charge on any atom is -0.0622 e. The predicted molar refractivity (Wildman–Crippen MR) is 104 cm³/mol. The van der Waals surface area contributed by atoms with Gasteiger partial charge in [0, 0.05) is 11.8 Å². The van der Waals surface area contributed by atoms with Gasteiger partial charge in [-0.1, -0.05) is 92.2 Å². The Hall–Kier alpha value is -2.34. The molecule has 3 aromatic carbocycles. The molecule has 0 nitrogen and oxygen atoms in total. The molecule has 0 aliphatic rings. The summed E-state index contributed by atoms with van der Waals surface area (Å²) in [6.07, 6.45) is 0. The van der Waals surface area contributed by atoms with Gasteiger partial charge in [0.15, 0.2) is 0 Å². The van der Waals surface area contributed by atoms with Crippen molar-refractivity contribution < 1.29 is 0 Å². The smallest absolute Gasteiger partial charge is 0.00666 e. The highest BCUT2D eigenvalue weighted by atomic mass is 14.2. The summed E-state index contributed by atoms with van der Waals surface area (Å²) in [5.74, 6) is 0.794. The van der Waals surface area contributed by atoms with E-state index in [1.54, 1.807) is 0 Å². The molecule has 0 aliphatic heterocycles. The molecule has 0 aliphatic carbocycles. The molecule has 0 heteroatoms. The summed E-state index contributed by atoms with van der Waals surface area (Å²) in [5.41, 5.74) is 8.37. The van der Waals surface area contributed by atoms with Crippen LogP contribution in [0.15, 0.2) is 72.8 Å². The van der Waals surface area contributed by atoms with Crippen LogP contribution in [0.2, 0.25) is 0 Å². The molecule has 0 N–H and O–H groups in total. The molecule has 2 unspecified atom stereocenters. The summed E-state index contributed by atoms with van der Waals surface area (Å²) in [5, 5.41) is 0. The van der Waals surface area contributed by atoms with Crippen LogP contribution in [-0.2, 0) is 0 Å². The lowest BCUT2D eigenvalue weighted by molar-refractivity contribution is 0.837. The molecule has 3 aromatic rings. The van der Waals surface area contributed by atoms with E-state index in [1.807, 2.05) is 0 Å². The molecule has 0 spiro atoms. The Kier molecular flexibility index (Phi) is 4.85.